The summed E-state index contributed by atoms with van der Waals surface area (Å²) in [6, 6.07) is 8.38. The van der Waals surface area contributed by atoms with Crippen LogP contribution in [0.2, 0.25) is 6.32 Å². The van der Waals surface area contributed by atoms with E-state index in [2.05, 4.69) is 21.9 Å². The molecule has 0 spiro atoms. The number of nitrogens with two attached hydrogens (primary N) is 1. The van der Waals surface area contributed by atoms with Crippen LogP contribution in [0.25, 0.3) is 0 Å². The van der Waals surface area contributed by atoms with Crippen LogP contribution in [0.4, 0.5) is 5.69 Å². The molecule has 8 nitrogen and oxygen atoms in total. The van der Waals surface area contributed by atoms with Gasteiger partial charge in [0, 0.05) is 32.2 Å². The first kappa shape index (κ1) is 24.1. The second kappa shape index (κ2) is 14.2. The number of ether oxygens (including phenoxy) is 1. The lowest BCUT2D eigenvalue weighted by Gasteiger charge is -2.37. The number of piperazine rings is 1. The standard InChI is InChI=1S/C18H32BN3O3.CO2/c1-25-18-8-3-2-7-17(18)22-14-12-21(13-15-22)11-9-16(20)6-4-5-10-19(23)24;2-1-3/h2-3,7-8,16,23-24H,4-6,9-15,20H2,1H3;. The van der Waals surface area contributed by atoms with Gasteiger partial charge in [-0.1, -0.05) is 25.0 Å². The van der Waals surface area contributed by atoms with E-state index in [0.717, 1.165) is 64.2 Å². The van der Waals surface area contributed by atoms with Crippen molar-refractivity contribution >= 4 is 19.0 Å². The van der Waals surface area contributed by atoms with Gasteiger partial charge in [-0.05, 0) is 37.8 Å². The quantitative estimate of drug-likeness (QED) is 0.391. The minimum atomic E-state index is -1.18. The van der Waals surface area contributed by atoms with Crippen molar-refractivity contribution in [3.63, 3.8) is 0 Å². The van der Waals surface area contributed by atoms with Gasteiger partial charge in [0.15, 0.2) is 0 Å². The second-order valence-corrected chi connectivity index (χ2v) is 6.90. The number of hydrogen-bond donors (Lipinski definition) is 3. The largest absolute Gasteiger partial charge is 0.495 e. The molecule has 9 heteroatoms. The van der Waals surface area contributed by atoms with Gasteiger partial charge in [0.1, 0.15) is 5.75 Å². The molecule has 0 aromatic heterocycles. The summed E-state index contributed by atoms with van der Waals surface area (Å²) in [4.78, 5) is 21.1. The molecule has 1 fully saturated rings. The summed E-state index contributed by atoms with van der Waals surface area (Å²) in [7, 11) is 0.535. The summed E-state index contributed by atoms with van der Waals surface area (Å²) in [5.41, 5.74) is 7.36. The lowest BCUT2D eigenvalue weighted by molar-refractivity contribution is -0.191. The molecule has 28 heavy (non-hydrogen) atoms. The highest BCUT2D eigenvalue weighted by molar-refractivity contribution is 6.40. The number of methoxy groups -OCH3 is 1. The highest BCUT2D eigenvalue weighted by atomic mass is 16.5. The molecule has 0 amide bonds. The average molecular weight is 393 g/mol. The zero-order chi connectivity index (χ0) is 20.8. The molecule has 0 bridgehead atoms. The van der Waals surface area contributed by atoms with Gasteiger partial charge < -0.3 is 25.4 Å². The monoisotopic (exact) mass is 393 g/mol. The summed E-state index contributed by atoms with van der Waals surface area (Å²) in [6.07, 6.45) is 4.42. The number of rotatable bonds is 10. The van der Waals surface area contributed by atoms with Crippen LogP contribution >= 0.6 is 0 Å². The zero-order valence-corrected chi connectivity index (χ0v) is 16.6. The Morgan fingerprint density at radius 1 is 1.14 bits per heavy atom. The fourth-order valence-electron chi connectivity index (χ4n) is 3.33. The molecule has 0 aliphatic carbocycles. The summed E-state index contributed by atoms with van der Waals surface area (Å²) in [5.74, 6) is 0.936. The number of hydrogen-bond acceptors (Lipinski definition) is 8. The van der Waals surface area contributed by atoms with Gasteiger partial charge in [-0.15, -0.1) is 0 Å². The van der Waals surface area contributed by atoms with E-state index in [1.165, 1.54) is 5.69 Å². The van der Waals surface area contributed by atoms with Gasteiger partial charge in [-0.3, -0.25) is 4.90 Å². The number of benzene rings is 1. The molecule has 1 aromatic carbocycles. The third kappa shape index (κ3) is 9.35. The van der Waals surface area contributed by atoms with E-state index >= 15 is 0 Å². The summed E-state index contributed by atoms with van der Waals surface area (Å²) in [5, 5.41) is 17.7. The molecule has 4 N–H and O–H groups in total. The lowest BCUT2D eigenvalue weighted by Crippen LogP contribution is -2.47. The Hall–Kier alpha value is -1.90. The van der Waals surface area contributed by atoms with Crippen molar-refractivity contribution in [1.82, 2.24) is 4.90 Å². The van der Waals surface area contributed by atoms with E-state index in [0.29, 0.717) is 6.32 Å². The van der Waals surface area contributed by atoms with Crippen molar-refractivity contribution in [2.75, 3.05) is 44.7 Å². The van der Waals surface area contributed by atoms with Gasteiger partial charge in [0.05, 0.1) is 12.8 Å². The van der Waals surface area contributed by atoms with Crippen molar-refractivity contribution in [1.29, 1.82) is 0 Å². The Balaban J connectivity index is 0.00000122. The summed E-state index contributed by atoms with van der Waals surface area (Å²) < 4.78 is 5.46. The molecule has 156 valence electrons. The minimum absolute atomic E-state index is 0.197. The maximum Gasteiger partial charge on any atom is 0.451 e. The van der Waals surface area contributed by atoms with E-state index in [-0.39, 0.29) is 12.2 Å². The van der Waals surface area contributed by atoms with Gasteiger partial charge in [-0.25, -0.2) is 0 Å². The topological polar surface area (TPSA) is 116 Å². The maximum atomic E-state index is 8.83. The number of carbonyl (C=O) groups excluding carboxylic acids is 2. The first-order valence-electron chi connectivity index (χ1n) is 9.73. The number of anilines is 1. The Bertz CT molecular complexity index is 576. The highest BCUT2D eigenvalue weighted by Gasteiger charge is 2.19. The fraction of sp³-hybridized carbons (Fsp3) is 0.632. The van der Waals surface area contributed by atoms with E-state index in [9.17, 15) is 0 Å². The summed E-state index contributed by atoms with van der Waals surface area (Å²) >= 11 is 0. The number of nitrogens with zero attached hydrogens (tertiary/aromatic N) is 2. The molecule has 1 aromatic rings. The Labute approximate surface area is 167 Å². The number of para-hydroxylation sites is 2. The molecule has 0 saturated carbocycles. The SMILES string of the molecule is COc1ccccc1N1CCN(CCC(N)CCCCB(O)O)CC1.O=C=O. The van der Waals surface area contributed by atoms with Crippen LogP contribution < -0.4 is 15.4 Å². The molecule has 1 aliphatic heterocycles. The van der Waals surface area contributed by atoms with Crippen LogP contribution in [0, 0.1) is 0 Å². The molecule has 1 heterocycles. The third-order valence-corrected chi connectivity index (χ3v) is 4.90. The number of unbranched alkanes of at least 4 members (excludes halogenated alkanes) is 1. The van der Waals surface area contributed by atoms with Gasteiger partial charge >= 0.3 is 13.3 Å². The first-order valence-corrected chi connectivity index (χ1v) is 9.73. The van der Waals surface area contributed by atoms with Crippen LogP contribution in [0.5, 0.6) is 5.75 Å². The first-order chi connectivity index (χ1) is 13.5. The molecule has 2 rings (SSSR count). The van der Waals surface area contributed by atoms with Crippen LogP contribution in [-0.2, 0) is 9.59 Å². The second-order valence-electron chi connectivity index (χ2n) is 6.90. The minimum Gasteiger partial charge on any atom is -0.495 e. The lowest BCUT2D eigenvalue weighted by atomic mass is 9.83. The average Bonchev–Trinajstić information content (AvgIpc) is 2.70. The Morgan fingerprint density at radius 3 is 2.39 bits per heavy atom. The van der Waals surface area contributed by atoms with Crippen LogP contribution in [0.1, 0.15) is 25.7 Å². The predicted octanol–water partition coefficient (Wildman–Crippen LogP) is 0.594. The fourth-order valence-corrected chi connectivity index (χ4v) is 3.33. The van der Waals surface area contributed by atoms with Crippen LogP contribution in [-0.4, -0.2) is 74.1 Å². The zero-order valence-electron chi connectivity index (χ0n) is 16.6. The van der Waals surface area contributed by atoms with E-state index < -0.39 is 7.12 Å². The Kier molecular flexibility index (Phi) is 12.2. The van der Waals surface area contributed by atoms with Crippen LogP contribution in [0.3, 0.4) is 0 Å². The van der Waals surface area contributed by atoms with E-state index in [4.69, 9.17) is 30.1 Å². The molecular formula is C19H32BN3O5. The van der Waals surface area contributed by atoms with Gasteiger partial charge in [0.25, 0.3) is 0 Å². The summed E-state index contributed by atoms with van der Waals surface area (Å²) in [6.45, 7) is 5.13. The predicted molar refractivity (Wildman–Crippen MR) is 108 cm³/mol. The van der Waals surface area contributed by atoms with Crippen LogP contribution in [0.15, 0.2) is 24.3 Å². The molecular weight excluding hydrogens is 361 g/mol. The van der Waals surface area contributed by atoms with Crippen molar-refractivity contribution in [2.24, 2.45) is 5.73 Å². The highest BCUT2D eigenvalue weighted by Crippen LogP contribution is 2.28. The van der Waals surface area contributed by atoms with E-state index in [1.807, 2.05) is 12.1 Å². The normalized spacial score (nSPS) is 15.2. The smallest absolute Gasteiger partial charge is 0.451 e. The van der Waals surface area contributed by atoms with Crippen molar-refractivity contribution in [2.45, 2.75) is 38.0 Å². The third-order valence-electron chi connectivity index (χ3n) is 4.90. The molecule has 1 saturated heterocycles. The van der Waals surface area contributed by atoms with Gasteiger partial charge in [0.2, 0.25) is 0 Å². The maximum absolute atomic E-state index is 8.83. The molecule has 1 unspecified atom stereocenters. The Morgan fingerprint density at radius 2 is 1.79 bits per heavy atom. The van der Waals surface area contributed by atoms with Crippen molar-refractivity contribution in [3.05, 3.63) is 24.3 Å². The van der Waals surface area contributed by atoms with Crippen molar-refractivity contribution in [3.8, 4) is 5.75 Å². The van der Waals surface area contributed by atoms with Gasteiger partial charge in [-0.2, -0.15) is 9.59 Å². The van der Waals surface area contributed by atoms with Crippen molar-refractivity contribution < 1.29 is 24.4 Å². The molecule has 1 atom stereocenters. The van der Waals surface area contributed by atoms with E-state index in [1.54, 1.807) is 7.11 Å². The molecule has 1 aliphatic rings. The molecule has 0 radical (unpaired) electrons.